The molecule has 0 nitrogen and oxygen atoms in total. The predicted molar refractivity (Wildman–Crippen MR) is 80.1 cm³/mol. The van der Waals surface area contributed by atoms with Crippen LogP contribution in [0.25, 0.3) is 0 Å². The van der Waals surface area contributed by atoms with E-state index in [0.717, 1.165) is 29.1 Å². The first-order valence-electron chi connectivity index (χ1n) is 8.27. The molecule has 0 heteroatoms. The number of hydrogen-bond donors (Lipinski definition) is 0. The van der Waals surface area contributed by atoms with Crippen molar-refractivity contribution in [2.24, 2.45) is 23.2 Å². The molecule has 0 aliphatic heterocycles. The molecule has 19 heavy (non-hydrogen) atoms. The highest BCUT2D eigenvalue weighted by molar-refractivity contribution is 5.19. The summed E-state index contributed by atoms with van der Waals surface area (Å²) in [5.74, 6) is 4.02. The number of rotatable bonds is 3. The molecule has 0 aromatic heterocycles. The van der Waals surface area contributed by atoms with Crippen molar-refractivity contribution in [1.82, 2.24) is 0 Å². The lowest BCUT2D eigenvalue weighted by Crippen LogP contribution is -2.46. The fraction of sp³-hybridized carbons (Fsp3) is 0.684. The number of hydrogen-bond acceptors (Lipinski definition) is 0. The second-order valence-corrected chi connectivity index (χ2v) is 7.93. The van der Waals surface area contributed by atoms with Gasteiger partial charge < -0.3 is 0 Å². The summed E-state index contributed by atoms with van der Waals surface area (Å²) in [5.41, 5.74) is 2.28. The van der Waals surface area contributed by atoms with E-state index in [-0.39, 0.29) is 0 Å². The molecule has 0 heterocycles. The third-order valence-electron chi connectivity index (χ3n) is 6.27. The van der Waals surface area contributed by atoms with Crippen molar-refractivity contribution in [1.29, 1.82) is 0 Å². The van der Waals surface area contributed by atoms with E-state index in [0.29, 0.717) is 0 Å². The summed E-state index contributed by atoms with van der Waals surface area (Å²) in [5, 5.41) is 0. The minimum absolute atomic E-state index is 0.726. The standard InChI is InChI=1S/C19H26/c1-14(18-5-3-2-4-6-18)10-19-11-15-7-16(12-19)9-17(8-15)13-19/h2-6,14-17H,7-13H2,1H3. The Kier molecular flexibility index (Phi) is 2.76. The first-order valence-corrected chi connectivity index (χ1v) is 8.27. The van der Waals surface area contributed by atoms with Gasteiger partial charge >= 0.3 is 0 Å². The van der Waals surface area contributed by atoms with E-state index in [1.54, 1.807) is 44.1 Å². The van der Waals surface area contributed by atoms with Crippen LogP contribution in [0.15, 0.2) is 30.3 Å². The van der Waals surface area contributed by atoms with E-state index in [1.807, 2.05) is 0 Å². The average molecular weight is 254 g/mol. The molecule has 4 bridgehead atoms. The molecule has 0 saturated heterocycles. The third-order valence-corrected chi connectivity index (χ3v) is 6.27. The molecule has 1 atom stereocenters. The van der Waals surface area contributed by atoms with Crippen LogP contribution in [-0.2, 0) is 0 Å². The maximum Gasteiger partial charge on any atom is -0.0185 e. The van der Waals surface area contributed by atoms with Gasteiger partial charge in [0.25, 0.3) is 0 Å². The summed E-state index contributed by atoms with van der Waals surface area (Å²) in [4.78, 5) is 0. The maximum atomic E-state index is 2.45. The zero-order valence-electron chi connectivity index (χ0n) is 12.1. The molecule has 1 aromatic carbocycles. The van der Waals surface area contributed by atoms with Crippen LogP contribution in [0.4, 0.5) is 0 Å². The fourth-order valence-electron chi connectivity index (χ4n) is 6.09. The normalized spacial score (nSPS) is 41.4. The zero-order valence-corrected chi connectivity index (χ0v) is 12.1. The van der Waals surface area contributed by atoms with Gasteiger partial charge in [-0.3, -0.25) is 0 Å². The quantitative estimate of drug-likeness (QED) is 0.677. The molecule has 1 aromatic rings. The topological polar surface area (TPSA) is 0 Å². The zero-order chi connectivity index (χ0) is 12.9. The van der Waals surface area contributed by atoms with Gasteiger partial charge in [0.2, 0.25) is 0 Å². The Bertz CT molecular complexity index is 409. The third kappa shape index (κ3) is 2.14. The molecule has 0 amide bonds. The van der Waals surface area contributed by atoms with Gasteiger partial charge in [-0.1, -0.05) is 37.3 Å². The lowest BCUT2D eigenvalue weighted by Gasteiger charge is -2.57. The van der Waals surface area contributed by atoms with Crippen molar-refractivity contribution >= 4 is 0 Å². The van der Waals surface area contributed by atoms with Crippen LogP contribution in [0.2, 0.25) is 0 Å². The van der Waals surface area contributed by atoms with E-state index in [1.165, 1.54) is 6.42 Å². The highest BCUT2D eigenvalue weighted by atomic mass is 14.6. The Hall–Kier alpha value is -0.780. The highest BCUT2D eigenvalue weighted by Gasteiger charge is 2.50. The Balaban J connectivity index is 1.53. The summed E-state index contributed by atoms with van der Waals surface area (Å²) in [7, 11) is 0. The van der Waals surface area contributed by atoms with Gasteiger partial charge in [-0.2, -0.15) is 0 Å². The van der Waals surface area contributed by atoms with Gasteiger partial charge in [0.05, 0.1) is 0 Å². The Morgan fingerprint density at radius 3 is 2.00 bits per heavy atom. The lowest BCUT2D eigenvalue weighted by atomic mass is 9.48. The fourth-order valence-corrected chi connectivity index (χ4v) is 6.09. The Morgan fingerprint density at radius 2 is 1.47 bits per heavy atom. The van der Waals surface area contributed by atoms with Gasteiger partial charge in [-0.15, -0.1) is 0 Å². The highest BCUT2D eigenvalue weighted by Crippen LogP contribution is 2.62. The van der Waals surface area contributed by atoms with Crippen molar-refractivity contribution in [3.63, 3.8) is 0 Å². The molecule has 4 saturated carbocycles. The molecule has 0 radical (unpaired) electrons. The van der Waals surface area contributed by atoms with Gasteiger partial charge in [0.1, 0.15) is 0 Å². The summed E-state index contributed by atoms with van der Waals surface area (Å²) < 4.78 is 0. The molecule has 1 unspecified atom stereocenters. The van der Waals surface area contributed by atoms with E-state index in [9.17, 15) is 0 Å². The van der Waals surface area contributed by atoms with Crippen molar-refractivity contribution in [3.8, 4) is 0 Å². The van der Waals surface area contributed by atoms with Crippen LogP contribution in [-0.4, -0.2) is 0 Å². The molecular formula is C19H26. The minimum atomic E-state index is 0.726. The van der Waals surface area contributed by atoms with Crippen molar-refractivity contribution in [3.05, 3.63) is 35.9 Å². The second kappa shape index (κ2) is 4.36. The first kappa shape index (κ1) is 12.0. The average Bonchev–Trinajstić information content (AvgIpc) is 2.37. The van der Waals surface area contributed by atoms with Crippen LogP contribution in [0.3, 0.4) is 0 Å². The van der Waals surface area contributed by atoms with E-state index in [4.69, 9.17) is 0 Å². The monoisotopic (exact) mass is 254 g/mol. The van der Waals surface area contributed by atoms with Gasteiger partial charge in [0.15, 0.2) is 0 Å². The summed E-state index contributed by atoms with van der Waals surface area (Å²) in [6.45, 7) is 2.45. The van der Waals surface area contributed by atoms with Crippen LogP contribution in [0, 0.1) is 23.2 Å². The largest absolute Gasteiger partial charge is 0.0622 e. The predicted octanol–water partition coefficient (Wildman–Crippen LogP) is 5.40. The Morgan fingerprint density at radius 1 is 0.947 bits per heavy atom. The second-order valence-electron chi connectivity index (χ2n) is 7.93. The molecule has 4 aliphatic carbocycles. The van der Waals surface area contributed by atoms with Crippen LogP contribution >= 0.6 is 0 Å². The van der Waals surface area contributed by atoms with Crippen LogP contribution in [0.1, 0.15) is 63.4 Å². The Labute approximate surface area is 117 Å². The summed E-state index contributed by atoms with van der Waals surface area (Å²) >= 11 is 0. The summed E-state index contributed by atoms with van der Waals surface area (Å²) in [6, 6.07) is 11.2. The van der Waals surface area contributed by atoms with E-state index in [2.05, 4.69) is 37.3 Å². The van der Waals surface area contributed by atoms with Crippen molar-refractivity contribution in [2.45, 2.75) is 57.8 Å². The van der Waals surface area contributed by atoms with Crippen molar-refractivity contribution in [2.75, 3.05) is 0 Å². The first-order chi connectivity index (χ1) is 9.22. The van der Waals surface area contributed by atoms with E-state index < -0.39 is 0 Å². The smallest absolute Gasteiger partial charge is 0.0185 e. The minimum Gasteiger partial charge on any atom is -0.0622 e. The van der Waals surface area contributed by atoms with E-state index >= 15 is 0 Å². The SMILES string of the molecule is CC(CC12CC3CC(CC(C3)C1)C2)c1ccccc1. The maximum absolute atomic E-state index is 2.45. The van der Waals surface area contributed by atoms with Gasteiger partial charge in [-0.25, -0.2) is 0 Å². The molecule has 0 spiro atoms. The molecule has 102 valence electrons. The van der Waals surface area contributed by atoms with Crippen molar-refractivity contribution < 1.29 is 0 Å². The van der Waals surface area contributed by atoms with Crippen LogP contribution < -0.4 is 0 Å². The number of benzene rings is 1. The molecule has 4 fully saturated rings. The van der Waals surface area contributed by atoms with Gasteiger partial charge in [0, 0.05) is 0 Å². The molecular weight excluding hydrogens is 228 g/mol. The van der Waals surface area contributed by atoms with Crippen LogP contribution in [0.5, 0.6) is 0 Å². The van der Waals surface area contributed by atoms with Gasteiger partial charge in [-0.05, 0) is 79.6 Å². The molecule has 0 N–H and O–H groups in total. The lowest BCUT2D eigenvalue weighted by molar-refractivity contribution is -0.0600. The molecule has 5 rings (SSSR count). The molecule has 4 aliphatic rings. The summed E-state index contributed by atoms with van der Waals surface area (Å²) in [6.07, 6.45) is 10.8.